The maximum Gasteiger partial charge on any atom is 0.0594 e. The Balaban J connectivity index is 1.84. The maximum absolute atomic E-state index is 6.16. The van der Waals surface area contributed by atoms with Gasteiger partial charge in [0, 0.05) is 30.7 Å². The van der Waals surface area contributed by atoms with Gasteiger partial charge in [-0.2, -0.15) is 0 Å². The van der Waals surface area contributed by atoms with Crippen LogP contribution in [0.4, 0.5) is 0 Å². The summed E-state index contributed by atoms with van der Waals surface area (Å²) in [7, 11) is 0. The molecule has 1 aliphatic heterocycles. The smallest absolute Gasteiger partial charge is 0.0594 e. The first-order valence-electron chi connectivity index (χ1n) is 6.05. The van der Waals surface area contributed by atoms with E-state index in [1.54, 1.807) is 0 Å². The van der Waals surface area contributed by atoms with Crippen LogP contribution in [0.5, 0.6) is 0 Å². The molecule has 94 valence electrons. The van der Waals surface area contributed by atoms with Crippen molar-refractivity contribution in [1.29, 1.82) is 0 Å². The van der Waals surface area contributed by atoms with Crippen molar-refractivity contribution < 1.29 is 4.74 Å². The summed E-state index contributed by atoms with van der Waals surface area (Å²) in [5, 5.41) is 0.810. The highest BCUT2D eigenvalue weighted by Gasteiger charge is 2.14. The summed E-state index contributed by atoms with van der Waals surface area (Å²) in [6.45, 7) is 4.51. The molecular formula is C13H19ClN2O. The minimum atomic E-state index is 0.132. The molecule has 0 aromatic heterocycles. The maximum atomic E-state index is 6.16. The van der Waals surface area contributed by atoms with Crippen LogP contribution in [0, 0.1) is 0 Å². The number of hydrogen-bond acceptors (Lipinski definition) is 3. The summed E-state index contributed by atoms with van der Waals surface area (Å²) in [6.07, 6.45) is 0.830. The summed E-state index contributed by atoms with van der Waals surface area (Å²) in [6, 6.07) is 8.04. The Hall–Kier alpha value is -0.610. The highest BCUT2D eigenvalue weighted by Crippen LogP contribution is 2.16. The van der Waals surface area contributed by atoms with Crippen LogP contribution >= 0.6 is 11.6 Å². The van der Waals surface area contributed by atoms with Crippen LogP contribution in [0.1, 0.15) is 5.56 Å². The first-order valence-corrected chi connectivity index (χ1v) is 6.42. The van der Waals surface area contributed by atoms with Gasteiger partial charge in [-0.1, -0.05) is 29.8 Å². The average molecular weight is 255 g/mol. The van der Waals surface area contributed by atoms with E-state index in [9.17, 15) is 0 Å². The van der Waals surface area contributed by atoms with Gasteiger partial charge in [0.25, 0.3) is 0 Å². The van der Waals surface area contributed by atoms with E-state index < -0.39 is 0 Å². The highest BCUT2D eigenvalue weighted by atomic mass is 35.5. The number of nitrogens with two attached hydrogens (primary N) is 1. The van der Waals surface area contributed by atoms with Gasteiger partial charge < -0.3 is 10.5 Å². The predicted molar refractivity (Wildman–Crippen MR) is 70.4 cm³/mol. The van der Waals surface area contributed by atoms with Crippen molar-refractivity contribution >= 4 is 11.6 Å². The SMILES string of the molecule is NC(Cc1ccccc1Cl)CN1CCOCC1. The zero-order valence-corrected chi connectivity index (χ0v) is 10.7. The van der Waals surface area contributed by atoms with E-state index in [1.807, 2.05) is 24.3 Å². The van der Waals surface area contributed by atoms with Gasteiger partial charge in [0.2, 0.25) is 0 Å². The molecule has 0 bridgehead atoms. The third-order valence-corrected chi connectivity index (χ3v) is 3.41. The van der Waals surface area contributed by atoms with Crippen molar-refractivity contribution in [3.8, 4) is 0 Å². The molecule has 0 radical (unpaired) electrons. The largest absolute Gasteiger partial charge is 0.379 e. The molecule has 2 N–H and O–H groups in total. The molecule has 1 aliphatic rings. The average Bonchev–Trinajstić information content (AvgIpc) is 2.33. The number of benzene rings is 1. The van der Waals surface area contributed by atoms with E-state index in [1.165, 1.54) is 0 Å². The summed E-state index contributed by atoms with van der Waals surface area (Å²) >= 11 is 6.12. The van der Waals surface area contributed by atoms with Crippen molar-refractivity contribution in [3.05, 3.63) is 34.9 Å². The summed E-state index contributed by atoms with van der Waals surface area (Å²) < 4.78 is 5.32. The van der Waals surface area contributed by atoms with Crippen LogP contribution in [-0.4, -0.2) is 43.8 Å². The third kappa shape index (κ3) is 3.96. The fourth-order valence-electron chi connectivity index (χ4n) is 2.13. The molecule has 17 heavy (non-hydrogen) atoms. The van der Waals surface area contributed by atoms with Gasteiger partial charge in [-0.3, -0.25) is 4.90 Å². The van der Waals surface area contributed by atoms with Crippen molar-refractivity contribution in [1.82, 2.24) is 4.90 Å². The Bertz CT molecular complexity index is 353. The van der Waals surface area contributed by atoms with Crippen LogP contribution in [0.25, 0.3) is 0 Å². The normalized spacial score (nSPS) is 19.2. The van der Waals surface area contributed by atoms with Crippen LogP contribution in [0.15, 0.2) is 24.3 Å². The molecule has 1 fully saturated rings. The zero-order valence-electron chi connectivity index (χ0n) is 9.94. The fourth-order valence-corrected chi connectivity index (χ4v) is 2.34. The second-order valence-electron chi connectivity index (χ2n) is 4.47. The van der Waals surface area contributed by atoms with Gasteiger partial charge in [-0.25, -0.2) is 0 Å². The molecule has 1 unspecified atom stereocenters. The Kier molecular flexibility index (Phi) is 4.80. The Morgan fingerprint density at radius 3 is 2.71 bits per heavy atom. The third-order valence-electron chi connectivity index (χ3n) is 3.04. The van der Waals surface area contributed by atoms with Crippen molar-refractivity contribution in [2.75, 3.05) is 32.8 Å². The first-order chi connectivity index (χ1) is 8.25. The molecule has 1 aromatic carbocycles. The van der Waals surface area contributed by atoms with E-state index in [2.05, 4.69) is 4.90 Å². The molecule has 3 nitrogen and oxygen atoms in total. The molecule has 1 saturated heterocycles. The predicted octanol–water partition coefficient (Wildman–Crippen LogP) is 1.54. The molecule has 2 rings (SSSR count). The van der Waals surface area contributed by atoms with Crippen molar-refractivity contribution in [3.63, 3.8) is 0 Å². The molecule has 1 heterocycles. The van der Waals surface area contributed by atoms with Gasteiger partial charge in [-0.15, -0.1) is 0 Å². The van der Waals surface area contributed by atoms with Gasteiger partial charge in [0.1, 0.15) is 0 Å². The van der Waals surface area contributed by atoms with Gasteiger partial charge in [0.05, 0.1) is 13.2 Å². The fraction of sp³-hybridized carbons (Fsp3) is 0.538. The number of halogens is 1. The monoisotopic (exact) mass is 254 g/mol. The Morgan fingerprint density at radius 2 is 2.00 bits per heavy atom. The van der Waals surface area contributed by atoms with Crippen molar-refractivity contribution in [2.45, 2.75) is 12.5 Å². The molecule has 0 saturated carbocycles. The molecule has 1 atom stereocenters. The summed E-state index contributed by atoms with van der Waals surface area (Å²) in [5.74, 6) is 0. The Labute approximate surface area is 107 Å². The topological polar surface area (TPSA) is 38.5 Å². The van der Waals surface area contributed by atoms with E-state index in [4.69, 9.17) is 22.1 Å². The van der Waals surface area contributed by atoms with Gasteiger partial charge in [0.15, 0.2) is 0 Å². The van der Waals surface area contributed by atoms with Crippen LogP contribution in [0.2, 0.25) is 5.02 Å². The van der Waals surface area contributed by atoms with E-state index in [0.29, 0.717) is 0 Å². The molecule has 4 heteroatoms. The van der Waals surface area contributed by atoms with Crippen molar-refractivity contribution in [2.24, 2.45) is 5.73 Å². The lowest BCUT2D eigenvalue weighted by Gasteiger charge is -2.29. The number of nitrogens with zero attached hydrogens (tertiary/aromatic N) is 1. The molecule has 0 aliphatic carbocycles. The van der Waals surface area contributed by atoms with Crippen LogP contribution in [-0.2, 0) is 11.2 Å². The molecule has 0 spiro atoms. The number of ether oxygens (including phenoxy) is 1. The quantitative estimate of drug-likeness (QED) is 0.886. The molecule has 0 amide bonds. The number of morpholine rings is 1. The lowest BCUT2D eigenvalue weighted by molar-refractivity contribution is 0.0353. The minimum absolute atomic E-state index is 0.132. The second kappa shape index (κ2) is 6.36. The lowest BCUT2D eigenvalue weighted by atomic mass is 10.1. The minimum Gasteiger partial charge on any atom is -0.379 e. The summed E-state index contributed by atoms with van der Waals surface area (Å²) in [5.41, 5.74) is 7.30. The van der Waals surface area contributed by atoms with E-state index >= 15 is 0 Å². The molecule has 1 aromatic rings. The standard InChI is InChI=1S/C13H19ClN2O/c14-13-4-2-1-3-11(13)9-12(15)10-16-5-7-17-8-6-16/h1-4,12H,5-10,15H2. The number of hydrogen-bond donors (Lipinski definition) is 1. The summed E-state index contributed by atoms with van der Waals surface area (Å²) in [4.78, 5) is 2.35. The molecular weight excluding hydrogens is 236 g/mol. The zero-order chi connectivity index (χ0) is 12.1. The highest BCUT2D eigenvalue weighted by molar-refractivity contribution is 6.31. The van der Waals surface area contributed by atoms with E-state index in [-0.39, 0.29) is 6.04 Å². The second-order valence-corrected chi connectivity index (χ2v) is 4.88. The van der Waals surface area contributed by atoms with Gasteiger partial charge >= 0.3 is 0 Å². The van der Waals surface area contributed by atoms with Crippen LogP contribution < -0.4 is 5.73 Å². The lowest BCUT2D eigenvalue weighted by Crippen LogP contribution is -2.44. The van der Waals surface area contributed by atoms with Crippen LogP contribution in [0.3, 0.4) is 0 Å². The number of rotatable bonds is 4. The first kappa shape index (κ1) is 12.8. The van der Waals surface area contributed by atoms with Gasteiger partial charge in [-0.05, 0) is 18.1 Å². The van der Waals surface area contributed by atoms with E-state index in [0.717, 1.165) is 49.9 Å². The Morgan fingerprint density at radius 1 is 1.29 bits per heavy atom.